The Bertz CT molecular complexity index is 999. The third-order valence-electron chi connectivity index (χ3n) is 5.96. The van der Waals surface area contributed by atoms with Gasteiger partial charge in [0.2, 0.25) is 5.91 Å². The molecule has 1 aliphatic heterocycles. The fraction of sp³-hybridized carbons (Fsp3) is 0.375. The molecule has 1 aliphatic rings. The molecular formula is C24H28N2O2. The van der Waals surface area contributed by atoms with Crippen LogP contribution in [-0.4, -0.2) is 30.9 Å². The van der Waals surface area contributed by atoms with Gasteiger partial charge < -0.3 is 14.2 Å². The molecule has 4 heteroatoms. The van der Waals surface area contributed by atoms with Crippen LogP contribution in [0.2, 0.25) is 0 Å². The average molecular weight is 377 g/mol. The van der Waals surface area contributed by atoms with Crippen molar-refractivity contribution in [3.05, 3.63) is 64.9 Å². The minimum atomic E-state index is 0.108. The summed E-state index contributed by atoms with van der Waals surface area (Å²) >= 11 is 0. The van der Waals surface area contributed by atoms with Gasteiger partial charge in [0.25, 0.3) is 0 Å². The smallest absolute Gasteiger partial charge is 0.227 e. The van der Waals surface area contributed by atoms with E-state index in [1.54, 1.807) is 6.26 Å². The summed E-state index contributed by atoms with van der Waals surface area (Å²) in [5.41, 5.74) is 6.68. The summed E-state index contributed by atoms with van der Waals surface area (Å²) in [6.07, 6.45) is 4.59. The second-order valence-electron chi connectivity index (χ2n) is 7.89. The van der Waals surface area contributed by atoms with Crippen LogP contribution < -0.4 is 4.90 Å². The summed E-state index contributed by atoms with van der Waals surface area (Å²) in [6, 6.07) is 12.6. The first-order valence-corrected chi connectivity index (χ1v) is 10.1. The van der Waals surface area contributed by atoms with Gasteiger partial charge in [-0.15, -0.1) is 0 Å². The van der Waals surface area contributed by atoms with Gasteiger partial charge in [-0.2, -0.15) is 0 Å². The number of hydrogen-bond acceptors (Lipinski definition) is 3. The highest BCUT2D eigenvalue weighted by atomic mass is 16.3. The highest BCUT2D eigenvalue weighted by molar-refractivity contribution is 5.89. The highest BCUT2D eigenvalue weighted by Gasteiger charge is 2.19. The van der Waals surface area contributed by atoms with Gasteiger partial charge in [0.05, 0.1) is 12.7 Å². The molecule has 0 aliphatic carbocycles. The number of aryl methyl sites for hydroxylation is 2. The standard InChI is InChI=1S/C24H28N2O2/c1-17-10-11-21-20(16-28-24(21)18(17)2)14-23(27)25(3)15-19-8-4-5-9-22(19)26-12-6-7-13-26/h4-5,8-11,16H,6-7,12-15H2,1-3H3. The molecule has 0 N–H and O–H groups in total. The third-order valence-corrected chi connectivity index (χ3v) is 5.96. The van der Waals surface area contributed by atoms with Crippen LogP contribution in [0, 0.1) is 13.8 Å². The second-order valence-corrected chi connectivity index (χ2v) is 7.89. The van der Waals surface area contributed by atoms with Gasteiger partial charge in [-0.05, 0) is 49.4 Å². The van der Waals surface area contributed by atoms with E-state index in [-0.39, 0.29) is 5.91 Å². The van der Waals surface area contributed by atoms with E-state index in [2.05, 4.69) is 55.1 Å². The van der Waals surface area contributed by atoms with Crippen LogP contribution in [0.15, 0.2) is 47.1 Å². The number of amides is 1. The molecule has 2 aromatic carbocycles. The normalized spacial score (nSPS) is 14.0. The maximum atomic E-state index is 12.9. The number of nitrogens with zero attached hydrogens (tertiary/aromatic N) is 2. The summed E-state index contributed by atoms with van der Waals surface area (Å²) in [6.45, 7) is 6.98. The van der Waals surface area contributed by atoms with Gasteiger partial charge in [0.15, 0.2) is 0 Å². The number of likely N-dealkylation sites (N-methyl/N-ethyl adjacent to an activating group) is 1. The zero-order valence-electron chi connectivity index (χ0n) is 17.0. The Morgan fingerprint density at radius 3 is 2.61 bits per heavy atom. The van der Waals surface area contributed by atoms with Crippen LogP contribution in [0.25, 0.3) is 11.0 Å². The van der Waals surface area contributed by atoms with Gasteiger partial charge in [0.1, 0.15) is 5.58 Å². The fourth-order valence-electron chi connectivity index (χ4n) is 4.08. The summed E-state index contributed by atoms with van der Waals surface area (Å²) in [5.74, 6) is 0.108. The van der Waals surface area contributed by atoms with Crippen LogP contribution >= 0.6 is 0 Å². The van der Waals surface area contributed by atoms with Crippen molar-refractivity contribution >= 4 is 22.6 Å². The van der Waals surface area contributed by atoms with Crippen molar-refractivity contribution in [2.75, 3.05) is 25.0 Å². The molecule has 3 aromatic rings. The Balaban J connectivity index is 1.50. The Labute approximate surface area is 166 Å². The lowest BCUT2D eigenvalue weighted by Gasteiger charge is -2.24. The number of para-hydroxylation sites is 1. The van der Waals surface area contributed by atoms with Gasteiger partial charge >= 0.3 is 0 Å². The molecule has 0 atom stereocenters. The number of rotatable bonds is 5. The number of hydrogen-bond donors (Lipinski definition) is 0. The van der Waals surface area contributed by atoms with Gasteiger partial charge in [-0.3, -0.25) is 4.79 Å². The third kappa shape index (κ3) is 3.51. The number of carbonyl (C=O) groups excluding carboxylic acids is 1. The summed E-state index contributed by atoms with van der Waals surface area (Å²) in [7, 11) is 1.89. The largest absolute Gasteiger partial charge is 0.464 e. The lowest BCUT2D eigenvalue weighted by atomic mass is 10.0. The predicted octanol–water partition coefficient (Wildman–Crippen LogP) is 4.85. The zero-order chi connectivity index (χ0) is 19.7. The van der Waals surface area contributed by atoms with Crippen LogP contribution in [0.4, 0.5) is 5.69 Å². The fourth-order valence-corrected chi connectivity index (χ4v) is 4.08. The molecule has 28 heavy (non-hydrogen) atoms. The quantitative estimate of drug-likeness (QED) is 0.639. The zero-order valence-corrected chi connectivity index (χ0v) is 17.0. The molecule has 0 saturated carbocycles. The van der Waals surface area contributed by atoms with E-state index in [0.717, 1.165) is 35.2 Å². The average Bonchev–Trinajstić information content (AvgIpc) is 3.36. The number of fused-ring (bicyclic) bond motifs is 1. The number of furan rings is 1. The number of anilines is 1. The summed E-state index contributed by atoms with van der Waals surface area (Å²) in [5, 5.41) is 1.04. The topological polar surface area (TPSA) is 36.7 Å². The highest BCUT2D eigenvalue weighted by Crippen LogP contribution is 2.28. The summed E-state index contributed by atoms with van der Waals surface area (Å²) < 4.78 is 5.77. The second kappa shape index (κ2) is 7.70. The number of carbonyl (C=O) groups is 1. The minimum Gasteiger partial charge on any atom is -0.464 e. The molecule has 0 unspecified atom stereocenters. The minimum absolute atomic E-state index is 0.108. The molecule has 1 aromatic heterocycles. The first-order valence-electron chi connectivity index (χ1n) is 10.1. The van der Waals surface area contributed by atoms with E-state index in [4.69, 9.17) is 4.42 Å². The van der Waals surface area contributed by atoms with Crippen molar-refractivity contribution < 1.29 is 9.21 Å². The van der Waals surface area contributed by atoms with Gasteiger partial charge in [-0.25, -0.2) is 0 Å². The van der Waals surface area contributed by atoms with Crippen molar-refractivity contribution in [2.45, 2.75) is 39.7 Å². The Morgan fingerprint density at radius 1 is 1.07 bits per heavy atom. The van der Waals surface area contributed by atoms with Crippen LogP contribution in [0.5, 0.6) is 0 Å². The van der Waals surface area contributed by atoms with E-state index in [0.29, 0.717) is 13.0 Å². The number of benzene rings is 2. The van der Waals surface area contributed by atoms with Crippen molar-refractivity contribution in [1.29, 1.82) is 0 Å². The lowest BCUT2D eigenvalue weighted by molar-refractivity contribution is -0.129. The van der Waals surface area contributed by atoms with Crippen LogP contribution in [0.3, 0.4) is 0 Å². The molecule has 4 rings (SSSR count). The van der Waals surface area contributed by atoms with Crippen molar-refractivity contribution in [3.8, 4) is 0 Å². The van der Waals surface area contributed by atoms with E-state index < -0.39 is 0 Å². The predicted molar refractivity (Wildman–Crippen MR) is 114 cm³/mol. The maximum absolute atomic E-state index is 12.9. The van der Waals surface area contributed by atoms with Crippen molar-refractivity contribution in [1.82, 2.24) is 4.90 Å². The molecule has 4 nitrogen and oxygen atoms in total. The lowest BCUT2D eigenvalue weighted by Crippen LogP contribution is -2.29. The van der Waals surface area contributed by atoms with Crippen LogP contribution in [-0.2, 0) is 17.8 Å². The molecule has 0 bridgehead atoms. The van der Waals surface area contributed by atoms with E-state index in [1.807, 2.05) is 11.9 Å². The Hall–Kier alpha value is -2.75. The molecule has 1 amide bonds. The van der Waals surface area contributed by atoms with Gasteiger partial charge in [0, 0.05) is 43.3 Å². The van der Waals surface area contributed by atoms with Crippen LogP contribution in [0.1, 0.15) is 35.1 Å². The molecule has 1 saturated heterocycles. The monoisotopic (exact) mass is 376 g/mol. The Kier molecular flexibility index (Phi) is 5.12. The van der Waals surface area contributed by atoms with Crippen molar-refractivity contribution in [3.63, 3.8) is 0 Å². The van der Waals surface area contributed by atoms with Gasteiger partial charge in [-0.1, -0.05) is 30.3 Å². The molecular weight excluding hydrogens is 348 g/mol. The SMILES string of the molecule is Cc1ccc2c(CC(=O)N(C)Cc3ccccc3N3CCCC3)coc2c1C. The molecule has 1 fully saturated rings. The van der Waals surface area contributed by atoms with E-state index >= 15 is 0 Å². The van der Waals surface area contributed by atoms with Crippen molar-refractivity contribution in [2.24, 2.45) is 0 Å². The van der Waals surface area contributed by atoms with E-state index in [1.165, 1.54) is 29.7 Å². The molecule has 2 heterocycles. The maximum Gasteiger partial charge on any atom is 0.227 e. The summed E-state index contributed by atoms with van der Waals surface area (Å²) in [4.78, 5) is 17.2. The molecule has 0 radical (unpaired) electrons. The van der Waals surface area contributed by atoms with E-state index in [9.17, 15) is 4.79 Å². The molecule has 0 spiro atoms. The first kappa shape index (κ1) is 18.6. The Morgan fingerprint density at radius 2 is 1.82 bits per heavy atom. The molecule has 146 valence electrons. The first-order chi connectivity index (χ1) is 13.5.